The van der Waals surface area contributed by atoms with E-state index in [2.05, 4.69) is 6.58 Å². The highest BCUT2D eigenvalue weighted by Crippen LogP contribution is 2.29. The molecule has 8 nitrogen and oxygen atoms in total. The lowest BCUT2D eigenvalue weighted by Gasteiger charge is -2.42. The van der Waals surface area contributed by atoms with E-state index in [9.17, 15) is 14.7 Å². The third-order valence-corrected chi connectivity index (χ3v) is 5.33. The van der Waals surface area contributed by atoms with Crippen molar-refractivity contribution in [1.29, 1.82) is 0 Å². The number of rotatable bonds is 11. The molecule has 3 rings (SSSR count). The number of esters is 2. The third kappa shape index (κ3) is 6.74. The molecule has 34 heavy (non-hydrogen) atoms. The predicted molar refractivity (Wildman–Crippen MR) is 123 cm³/mol. The van der Waals surface area contributed by atoms with Gasteiger partial charge in [-0.05, 0) is 30.5 Å². The number of carbonyl (C=O) groups excluding carboxylic acids is 2. The van der Waals surface area contributed by atoms with E-state index in [1.807, 2.05) is 30.3 Å². The summed E-state index contributed by atoms with van der Waals surface area (Å²) in [5.74, 6) is -1.42. The van der Waals surface area contributed by atoms with Gasteiger partial charge in [-0.2, -0.15) is 0 Å². The molecule has 1 aliphatic rings. The van der Waals surface area contributed by atoms with Gasteiger partial charge in [0.2, 0.25) is 0 Å². The molecule has 2 aromatic rings. The molecule has 0 aromatic heterocycles. The van der Waals surface area contributed by atoms with E-state index < -0.39 is 42.6 Å². The van der Waals surface area contributed by atoms with Gasteiger partial charge < -0.3 is 28.8 Å². The first kappa shape index (κ1) is 25.6. The topological polar surface area (TPSA) is 101 Å². The summed E-state index contributed by atoms with van der Waals surface area (Å²) in [4.78, 5) is 25.2. The van der Waals surface area contributed by atoms with Crippen molar-refractivity contribution in [3.05, 3.63) is 84.4 Å². The van der Waals surface area contributed by atoms with Crippen molar-refractivity contribution in [1.82, 2.24) is 0 Å². The maximum Gasteiger partial charge on any atom is 0.338 e. The van der Waals surface area contributed by atoms with Gasteiger partial charge in [-0.15, -0.1) is 6.58 Å². The highest BCUT2D eigenvalue weighted by molar-refractivity contribution is 5.89. The zero-order valence-electron chi connectivity index (χ0n) is 19.1. The largest absolute Gasteiger partial charge is 0.467 e. The maximum atomic E-state index is 12.9. The minimum Gasteiger partial charge on any atom is -0.467 e. The second kappa shape index (κ2) is 13.0. The molecule has 5 unspecified atom stereocenters. The van der Waals surface area contributed by atoms with E-state index in [4.69, 9.17) is 23.7 Å². The quantitative estimate of drug-likeness (QED) is 0.304. The number of carbonyl (C=O) groups is 2. The van der Waals surface area contributed by atoms with Crippen LogP contribution in [0.4, 0.5) is 0 Å². The number of aliphatic hydroxyl groups excluding tert-OH is 1. The van der Waals surface area contributed by atoms with Crippen LogP contribution < -0.4 is 0 Å². The van der Waals surface area contributed by atoms with E-state index in [-0.39, 0.29) is 13.2 Å². The molecule has 5 atom stereocenters. The number of hydrogen-bond acceptors (Lipinski definition) is 8. The van der Waals surface area contributed by atoms with Crippen LogP contribution in [0.5, 0.6) is 0 Å². The fourth-order valence-corrected chi connectivity index (χ4v) is 3.54. The van der Waals surface area contributed by atoms with Gasteiger partial charge in [0.05, 0.1) is 25.9 Å². The molecule has 182 valence electrons. The molecular formula is C26H30O8. The van der Waals surface area contributed by atoms with Gasteiger partial charge in [0.1, 0.15) is 12.2 Å². The smallest absolute Gasteiger partial charge is 0.338 e. The highest BCUT2D eigenvalue weighted by atomic mass is 16.7. The Kier molecular flexibility index (Phi) is 9.78. The Bertz CT molecular complexity index is 917. The lowest BCUT2D eigenvalue weighted by atomic mass is 9.98. The average Bonchev–Trinajstić information content (AvgIpc) is 2.88. The lowest BCUT2D eigenvalue weighted by Crippen LogP contribution is -2.62. The van der Waals surface area contributed by atoms with Crippen molar-refractivity contribution in [2.24, 2.45) is 0 Å². The SMILES string of the molecule is C=CCCCOC1OC(C(=O)OC)C(O)C(OCc2ccccc2)C1OC(=O)c1ccccc1. The summed E-state index contributed by atoms with van der Waals surface area (Å²) in [6, 6.07) is 17.7. The highest BCUT2D eigenvalue weighted by Gasteiger charge is 2.52. The molecule has 0 bridgehead atoms. The number of hydrogen-bond donors (Lipinski definition) is 1. The monoisotopic (exact) mass is 470 g/mol. The number of benzene rings is 2. The molecule has 0 spiro atoms. The van der Waals surface area contributed by atoms with Crippen LogP contribution in [0.3, 0.4) is 0 Å². The Hall–Kier alpha value is -3.04. The molecule has 0 radical (unpaired) electrons. The zero-order chi connectivity index (χ0) is 24.3. The first-order valence-electron chi connectivity index (χ1n) is 11.1. The van der Waals surface area contributed by atoms with Crippen molar-refractivity contribution in [3.63, 3.8) is 0 Å². The minimum atomic E-state index is -1.46. The normalized spacial score (nSPS) is 24.2. The third-order valence-electron chi connectivity index (χ3n) is 5.33. The number of aliphatic hydroxyl groups is 1. The second-order valence-electron chi connectivity index (χ2n) is 7.74. The van der Waals surface area contributed by atoms with Crippen LogP contribution in [0.25, 0.3) is 0 Å². The van der Waals surface area contributed by atoms with Crippen molar-refractivity contribution >= 4 is 11.9 Å². The molecule has 0 aliphatic carbocycles. The summed E-state index contributed by atoms with van der Waals surface area (Å²) in [5, 5.41) is 11.0. The molecule has 1 saturated heterocycles. The fourth-order valence-electron chi connectivity index (χ4n) is 3.54. The van der Waals surface area contributed by atoms with Crippen LogP contribution in [0.1, 0.15) is 28.8 Å². The van der Waals surface area contributed by atoms with Gasteiger partial charge in [0, 0.05) is 0 Å². The molecule has 1 heterocycles. The van der Waals surface area contributed by atoms with Crippen LogP contribution in [0, 0.1) is 0 Å². The van der Waals surface area contributed by atoms with Gasteiger partial charge in [0.25, 0.3) is 0 Å². The second-order valence-corrected chi connectivity index (χ2v) is 7.74. The van der Waals surface area contributed by atoms with Gasteiger partial charge >= 0.3 is 11.9 Å². The average molecular weight is 471 g/mol. The summed E-state index contributed by atoms with van der Waals surface area (Å²) in [5.41, 5.74) is 1.16. The van der Waals surface area contributed by atoms with Gasteiger partial charge in [0.15, 0.2) is 18.5 Å². The van der Waals surface area contributed by atoms with E-state index in [0.29, 0.717) is 18.4 Å². The van der Waals surface area contributed by atoms with Crippen LogP contribution in [-0.4, -0.2) is 61.5 Å². The maximum absolute atomic E-state index is 12.9. The van der Waals surface area contributed by atoms with Gasteiger partial charge in [-0.25, -0.2) is 9.59 Å². The Morgan fingerprint density at radius 1 is 1.03 bits per heavy atom. The molecule has 0 amide bonds. The Morgan fingerprint density at radius 2 is 1.71 bits per heavy atom. The molecule has 0 saturated carbocycles. The van der Waals surface area contributed by atoms with E-state index in [1.54, 1.807) is 36.4 Å². The zero-order valence-corrected chi connectivity index (χ0v) is 19.1. The number of methoxy groups -OCH3 is 1. The molecule has 1 N–H and O–H groups in total. The van der Waals surface area contributed by atoms with Crippen LogP contribution >= 0.6 is 0 Å². The molecule has 1 aliphatic heterocycles. The predicted octanol–water partition coefficient (Wildman–Crippen LogP) is 3.04. The molecule has 1 fully saturated rings. The van der Waals surface area contributed by atoms with Crippen LogP contribution in [-0.2, 0) is 35.1 Å². The molecular weight excluding hydrogens is 440 g/mol. The number of unbranched alkanes of at least 4 members (excludes halogenated alkanes) is 1. The first-order chi connectivity index (χ1) is 16.5. The van der Waals surface area contributed by atoms with E-state index in [1.165, 1.54) is 7.11 Å². The summed E-state index contributed by atoms with van der Waals surface area (Å²) in [6.07, 6.45) is -3.15. The summed E-state index contributed by atoms with van der Waals surface area (Å²) >= 11 is 0. The van der Waals surface area contributed by atoms with Crippen molar-refractivity contribution < 1.29 is 38.4 Å². The molecule has 8 heteroatoms. The number of ether oxygens (including phenoxy) is 5. The number of allylic oxidation sites excluding steroid dienone is 1. The summed E-state index contributed by atoms with van der Waals surface area (Å²) in [7, 11) is 1.19. The Labute approximate surface area is 199 Å². The standard InChI is InChI=1S/C26H30O8/c1-3-4-11-16-31-26-23(33-24(28)19-14-9-6-10-15-19)21(20(27)22(34-26)25(29)30-2)32-17-18-12-7-5-8-13-18/h3,5-10,12-15,20-23,26-27H,1,4,11,16-17H2,2H3. The van der Waals surface area contributed by atoms with Crippen molar-refractivity contribution in [2.45, 2.75) is 50.2 Å². The fraction of sp³-hybridized carbons (Fsp3) is 0.385. The van der Waals surface area contributed by atoms with Crippen molar-refractivity contribution in [3.8, 4) is 0 Å². The van der Waals surface area contributed by atoms with Gasteiger partial charge in [-0.1, -0.05) is 54.6 Å². The minimum absolute atomic E-state index is 0.110. The Balaban J connectivity index is 1.86. The lowest BCUT2D eigenvalue weighted by molar-refractivity contribution is -0.301. The summed E-state index contributed by atoms with van der Waals surface area (Å²) < 4.78 is 28.1. The van der Waals surface area contributed by atoms with Crippen molar-refractivity contribution in [2.75, 3.05) is 13.7 Å². The van der Waals surface area contributed by atoms with E-state index >= 15 is 0 Å². The molecule has 2 aromatic carbocycles. The Morgan fingerprint density at radius 3 is 2.35 bits per heavy atom. The first-order valence-corrected chi connectivity index (χ1v) is 11.1. The van der Waals surface area contributed by atoms with Gasteiger partial charge in [-0.3, -0.25) is 0 Å². The van der Waals surface area contributed by atoms with Crippen LogP contribution in [0.2, 0.25) is 0 Å². The van der Waals surface area contributed by atoms with E-state index in [0.717, 1.165) is 5.56 Å². The summed E-state index contributed by atoms with van der Waals surface area (Å²) in [6.45, 7) is 4.05. The van der Waals surface area contributed by atoms with Crippen LogP contribution in [0.15, 0.2) is 73.3 Å².